The summed E-state index contributed by atoms with van der Waals surface area (Å²) in [6.07, 6.45) is 0. The minimum absolute atomic E-state index is 0.187. The molecule has 8 nitrogen and oxygen atoms in total. The molecular formula is C23H22N2O6S. The summed E-state index contributed by atoms with van der Waals surface area (Å²) in [5.41, 5.74) is 0.990. The van der Waals surface area contributed by atoms with Crippen LogP contribution in [0, 0.1) is 0 Å². The SMILES string of the molecule is COC(=O)c1ccccc1NC(=O)COc1ccc(N(C)S(=O)(=O)c2ccccc2)cc1. The number of amides is 1. The zero-order valence-corrected chi connectivity index (χ0v) is 18.3. The highest BCUT2D eigenvalue weighted by Crippen LogP contribution is 2.24. The van der Waals surface area contributed by atoms with Crippen molar-refractivity contribution in [2.24, 2.45) is 0 Å². The van der Waals surface area contributed by atoms with Crippen molar-refractivity contribution in [1.82, 2.24) is 0 Å². The Labute approximate surface area is 186 Å². The molecule has 3 aromatic rings. The predicted molar refractivity (Wildman–Crippen MR) is 120 cm³/mol. The minimum Gasteiger partial charge on any atom is -0.484 e. The van der Waals surface area contributed by atoms with Crippen LogP contribution in [0.3, 0.4) is 0 Å². The van der Waals surface area contributed by atoms with Gasteiger partial charge in [-0.2, -0.15) is 0 Å². The fraction of sp³-hybridized carbons (Fsp3) is 0.130. The first-order chi connectivity index (χ1) is 15.3. The number of esters is 1. The second-order valence-corrected chi connectivity index (χ2v) is 8.62. The van der Waals surface area contributed by atoms with Crippen LogP contribution in [-0.2, 0) is 19.6 Å². The smallest absolute Gasteiger partial charge is 0.339 e. The normalized spacial score (nSPS) is 10.8. The predicted octanol–water partition coefficient (Wildman–Crippen LogP) is 3.32. The van der Waals surface area contributed by atoms with E-state index in [9.17, 15) is 18.0 Å². The molecule has 0 aliphatic rings. The van der Waals surface area contributed by atoms with Crippen molar-refractivity contribution < 1.29 is 27.5 Å². The molecule has 0 radical (unpaired) electrons. The van der Waals surface area contributed by atoms with Gasteiger partial charge in [-0.25, -0.2) is 13.2 Å². The van der Waals surface area contributed by atoms with Gasteiger partial charge in [-0.05, 0) is 48.5 Å². The lowest BCUT2D eigenvalue weighted by molar-refractivity contribution is -0.118. The van der Waals surface area contributed by atoms with Crippen LogP contribution in [0.5, 0.6) is 5.75 Å². The van der Waals surface area contributed by atoms with Crippen LogP contribution < -0.4 is 14.4 Å². The summed E-state index contributed by atoms with van der Waals surface area (Å²) in [4.78, 5) is 24.2. The first kappa shape index (κ1) is 22.8. The number of rotatable bonds is 8. The number of carbonyl (C=O) groups is 2. The van der Waals surface area contributed by atoms with Gasteiger partial charge in [-0.1, -0.05) is 30.3 Å². The molecule has 0 unspecified atom stereocenters. The number of sulfonamides is 1. The number of nitrogens with zero attached hydrogens (tertiary/aromatic N) is 1. The molecule has 0 saturated carbocycles. The van der Waals surface area contributed by atoms with E-state index in [2.05, 4.69) is 5.32 Å². The molecule has 1 amide bonds. The van der Waals surface area contributed by atoms with Crippen LogP contribution in [0.2, 0.25) is 0 Å². The molecule has 9 heteroatoms. The highest BCUT2D eigenvalue weighted by atomic mass is 32.2. The molecule has 0 atom stereocenters. The molecule has 166 valence electrons. The van der Waals surface area contributed by atoms with Gasteiger partial charge in [0.05, 0.1) is 28.9 Å². The Morgan fingerprint density at radius 2 is 1.53 bits per heavy atom. The quantitative estimate of drug-likeness (QED) is 0.524. The van der Waals surface area contributed by atoms with E-state index >= 15 is 0 Å². The lowest BCUT2D eigenvalue weighted by Gasteiger charge is -2.19. The molecule has 1 N–H and O–H groups in total. The standard InChI is InChI=1S/C23H22N2O6S/c1-25(32(28,29)19-8-4-3-5-9-19)17-12-14-18(15-13-17)31-16-22(26)24-21-11-7-6-10-20(21)23(27)30-2/h3-15H,16H2,1-2H3,(H,24,26). The lowest BCUT2D eigenvalue weighted by atomic mass is 10.2. The van der Waals surface area contributed by atoms with Gasteiger partial charge in [0.2, 0.25) is 0 Å². The van der Waals surface area contributed by atoms with Crippen molar-refractivity contribution in [1.29, 1.82) is 0 Å². The van der Waals surface area contributed by atoms with Gasteiger partial charge in [0, 0.05) is 7.05 Å². The Balaban J connectivity index is 1.62. The first-order valence-corrected chi connectivity index (χ1v) is 11.0. The minimum atomic E-state index is -3.69. The van der Waals surface area contributed by atoms with Crippen molar-refractivity contribution >= 4 is 33.3 Å². The zero-order chi connectivity index (χ0) is 23.1. The Morgan fingerprint density at radius 3 is 2.19 bits per heavy atom. The van der Waals surface area contributed by atoms with E-state index < -0.39 is 21.9 Å². The number of para-hydroxylation sites is 1. The molecule has 0 saturated heterocycles. The van der Waals surface area contributed by atoms with Gasteiger partial charge >= 0.3 is 5.97 Å². The highest BCUT2D eigenvalue weighted by Gasteiger charge is 2.21. The third kappa shape index (κ3) is 5.25. The van der Waals surface area contributed by atoms with E-state index in [4.69, 9.17) is 9.47 Å². The second-order valence-electron chi connectivity index (χ2n) is 6.65. The van der Waals surface area contributed by atoms with Gasteiger partial charge in [-0.3, -0.25) is 9.10 Å². The summed E-state index contributed by atoms with van der Waals surface area (Å²) >= 11 is 0. The van der Waals surface area contributed by atoms with Crippen LogP contribution in [-0.4, -0.2) is 41.1 Å². The Bertz CT molecular complexity index is 1190. The average Bonchev–Trinajstić information content (AvgIpc) is 2.83. The lowest BCUT2D eigenvalue weighted by Crippen LogP contribution is -2.26. The number of hydrogen-bond donors (Lipinski definition) is 1. The number of hydrogen-bond acceptors (Lipinski definition) is 6. The second kappa shape index (κ2) is 9.97. The van der Waals surface area contributed by atoms with Crippen molar-refractivity contribution in [2.75, 3.05) is 30.4 Å². The van der Waals surface area contributed by atoms with Crippen LogP contribution in [0.15, 0.2) is 83.8 Å². The van der Waals surface area contributed by atoms with E-state index in [-0.39, 0.29) is 17.1 Å². The van der Waals surface area contributed by atoms with Crippen molar-refractivity contribution in [2.45, 2.75) is 4.90 Å². The Morgan fingerprint density at radius 1 is 0.906 bits per heavy atom. The topological polar surface area (TPSA) is 102 Å². The first-order valence-electron chi connectivity index (χ1n) is 9.57. The van der Waals surface area contributed by atoms with Crippen LogP contribution in [0.1, 0.15) is 10.4 Å². The van der Waals surface area contributed by atoms with Crippen LogP contribution >= 0.6 is 0 Å². The van der Waals surface area contributed by atoms with Gasteiger partial charge in [0.1, 0.15) is 5.75 Å². The third-order valence-corrected chi connectivity index (χ3v) is 6.38. The molecular weight excluding hydrogens is 432 g/mol. The van der Waals surface area contributed by atoms with E-state index in [1.165, 1.54) is 30.6 Å². The van der Waals surface area contributed by atoms with Crippen LogP contribution in [0.25, 0.3) is 0 Å². The molecule has 0 aromatic heterocycles. The van der Waals surface area contributed by atoms with Gasteiger partial charge < -0.3 is 14.8 Å². The molecule has 0 aliphatic heterocycles. The van der Waals surface area contributed by atoms with E-state index in [1.54, 1.807) is 66.7 Å². The number of nitrogens with one attached hydrogen (secondary N) is 1. The third-order valence-electron chi connectivity index (χ3n) is 4.58. The van der Waals surface area contributed by atoms with Gasteiger partial charge in [0.25, 0.3) is 15.9 Å². The molecule has 3 aromatic carbocycles. The fourth-order valence-electron chi connectivity index (χ4n) is 2.86. The van der Waals surface area contributed by atoms with E-state index in [0.29, 0.717) is 17.1 Å². The molecule has 3 rings (SSSR count). The summed E-state index contributed by atoms with van der Waals surface area (Å²) in [5.74, 6) is -0.642. The molecule has 0 aliphatic carbocycles. The summed E-state index contributed by atoms with van der Waals surface area (Å²) in [5, 5.41) is 2.61. The number of methoxy groups -OCH3 is 1. The summed E-state index contributed by atoms with van der Waals surface area (Å²) < 4.78 is 36.8. The van der Waals surface area contributed by atoms with Crippen molar-refractivity contribution in [3.05, 3.63) is 84.4 Å². The van der Waals surface area contributed by atoms with Gasteiger partial charge in [0.15, 0.2) is 6.61 Å². The van der Waals surface area contributed by atoms with Crippen LogP contribution in [0.4, 0.5) is 11.4 Å². The number of benzene rings is 3. The van der Waals surface area contributed by atoms with E-state index in [1.807, 2.05) is 0 Å². The summed E-state index contributed by atoms with van der Waals surface area (Å²) in [7, 11) is -0.965. The molecule has 0 fully saturated rings. The Kier molecular flexibility index (Phi) is 7.11. The van der Waals surface area contributed by atoms with E-state index in [0.717, 1.165) is 0 Å². The Hall–Kier alpha value is -3.85. The van der Waals surface area contributed by atoms with Crippen molar-refractivity contribution in [3.63, 3.8) is 0 Å². The highest BCUT2D eigenvalue weighted by molar-refractivity contribution is 7.92. The monoisotopic (exact) mass is 454 g/mol. The number of carbonyl (C=O) groups excluding carboxylic acids is 2. The number of anilines is 2. The summed E-state index contributed by atoms with van der Waals surface area (Å²) in [6, 6.07) is 20.9. The number of ether oxygens (including phenoxy) is 2. The maximum Gasteiger partial charge on any atom is 0.339 e. The average molecular weight is 455 g/mol. The maximum absolute atomic E-state index is 12.7. The molecule has 0 spiro atoms. The van der Waals surface area contributed by atoms with Gasteiger partial charge in [-0.15, -0.1) is 0 Å². The molecule has 0 bridgehead atoms. The summed E-state index contributed by atoms with van der Waals surface area (Å²) in [6.45, 7) is -0.299. The molecule has 32 heavy (non-hydrogen) atoms. The fourth-order valence-corrected chi connectivity index (χ4v) is 4.07. The largest absolute Gasteiger partial charge is 0.484 e. The molecule has 0 heterocycles. The van der Waals surface area contributed by atoms with Crippen molar-refractivity contribution in [3.8, 4) is 5.75 Å². The zero-order valence-electron chi connectivity index (χ0n) is 17.5. The maximum atomic E-state index is 12.7.